The van der Waals surface area contributed by atoms with Crippen LogP contribution in [-0.4, -0.2) is 21.1 Å². The molecule has 0 atom stereocenters. The minimum atomic E-state index is -0.279. The SMILES string of the molecule is CCCCC(=O)NN1C(=O)/C(=C\c2ccccc2)SC1=S. The molecule has 0 aromatic heterocycles. The fourth-order valence-corrected chi connectivity index (χ4v) is 2.96. The number of carbonyl (C=O) groups is 2. The van der Waals surface area contributed by atoms with Crippen LogP contribution in [0.4, 0.5) is 0 Å². The van der Waals surface area contributed by atoms with Crippen molar-refractivity contribution in [1.82, 2.24) is 10.4 Å². The van der Waals surface area contributed by atoms with Gasteiger partial charge in [-0.2, -0.15) is 5.01 Å². The summed E-state index contributed by atoms with van der Waals surface area (Å²) in [4.78, 5) is 24.5. The third kappa shape index (κ3) is 4.15. The Hall–Kier alpha value is -1.66. The van der Waals surface area contributed by atoms with Crippen LogP contribution in [0.1, 0.15) is 31.7 Å². The molecule has 1 aliphatic rings. The van der Waals surface area contributed by atoms with Crippen LogP contribution in [0.25, 0.3) is 6.08 Å². The van der Waals surface area contributed by atoms with Crippen molar-refractivity contribution in [3.8, 4) is 0 Å². The van der Waals surface area contributed by atoms with Gasteiger partial charge in [0.05, 0.1) is 4.91 Å². The Morgan fingerprint density at radius 2 is 2.10 bits per heavy atom. The van der Waals surface area contributed by atoms with Gasteiger partial charge < -0.3 is 0 Å². The summed E-state index contributed by atoms with van der Waals surface area (Å²) >= 11 is 6.35. The summed E-state index contributed by atoms with van der Waals surface area (Å²) in [5.41, 5.74) is 3.50. The van der Waals surface area contributed by atoms with E-state index < -0.39 is 0 Å². The number of amides is 2. The van der Waals surface area contributed by atoms with E-state index in [-0.39, 0.29) is 11.8 Å². The van der Waals surface area contributed by atoms with Crippen LogP contribution in [0.15, 0.2) is 35.2 Å². The molecular weight excluding hydrogens is 304 g/mol. The Morgan fingerprint density at radius 1 is 1.38 bits per heavy atom. The number of nitrogens with zero attached hydrogens (tertiary/aromatic N) is 1. The molecule has 1 N–H and O–H groups in total. The molecule has 2 rings (SSSR count). The van der Waals surface area contributed by atoms with Crippen molar-refractivity contribution in [2.24, 2.45) is 0 Å². The minimum Gasteiger partial charge on any atom is -0.273 e. The third-order valence-corrected chi connectivity index (χ3v) is 4.19. The molecule has 1 saturated heterocycles. The molecule has 1 fully saturated rings. The van der Waals surface area contributed by atoms with E-state index >= 15 is 0 Å². The molecule has 0 aliphatic carbocycles. The van der Waals surface area contributed by atoms with Gasteiger partial charge in [-0.25, -0.2) is 0 Å². The van der Waals surface area contributed by atoms with Gasteiger partial charge in [-0.1, -0.05) is 55.4 Å². The van der Waals surface area contributed by atoms with Gasteiger partial charge in [0.1, 0.15) is 0 Å². The molecule has 110 valence electrons. The summed E-state index contributed by atoms with van der Waals surface area (Å²) < 4.78 is 0.354. The first kappa shape index (κ1) is 15.7. The average Bonchev–Trinajstić information content (AvgIpc) is 2.74. The molecule has 0 unspecified atom stereocenters. The van der Waals surface area contributed by atoms with Crippen LogP contribution in [0.2, 0.25) is 0 Å². The highest BCUT2D eigenvalue weighted by Gasteiger charge is 2.33. The molecule has 0 saturated carbocycles. The molecule has 0 bridgehead atoms. The molecule has 21 heavy (non-hydrogen) atoms. The van der Waals surface area contributed by atoms with Crippen molar-refractivity contribution in [2.45, 2.75) is 26.2 Å². The van der Waals surface area contributed by atoms with Crippen molar-refractivity contribution >= 4 is 46.2 Å². The van der Waals surface area contributed by atoms with Gasteiger partial charge in [-0.3, -0.25) is 15.0 Å². The molecule has 0 spiro atoms. The fraction of sp³-hybridized carbons (Fsp3) is 0.267. The smallest absolute Gasteiger partial charge is 0.273 e. The highest BCUT2D eigenvalue weighted by molar-refractivity contribution is 8.26. The Balaban J connectivity index is 2.06. The first-order valence-corrected chi connectivity index (χ1v) is 7.96. The van der Waals surface area contributed by atoms with Gasteiger partial charge in [0.2, 0.25) is 5.91 Å². The van der Waals surface area contributed by atoms with Crippen LogP contribution < -0.4 is 5.43 Å². The lowest BCUT2D eigenvalue weighted by molar-refractivity contribution is -0.133. The van der Waals surface area contributed by atoms with Gasteiger partial charge in [-0.05, 0) is 30.3 Å². The average molecular weight is 320 g/mol. The molecule has 4 nitrogen and oxygen atoms in total. The molecule has 1 aromatic rings. The predicted octanol–water partition coefficient (Wildman–Crippen LogP) is 3.11. The number of nitrogens with one attached hydrogen (secondary N) is 1. The van der Waals surface area contributed by atoms with E-state index in [0.717, 1.165) is 23.4 Å². The Kier molecular flexibility index (Phi) is 5.52. The van der Waals surface area contributed by atoms with E-state index in [1.165, 1.54) is 11.8 Å². The van der Waals surface area contributed by atoms with E-state index in [2.05, 4.69) is 5.43 Å². The number of rotatable bonds is 5. The summed E-state index contributed by atoms with van der Waals surface area (Å²) in [6.45, 7) is 2.01. The van der Waals surface area contributed by atoms with Crippen LogP contribution in [-0.2, 0) is 9.59 Å². The van der Waals surface area contributed by atoms with Crippen molar-refractivity contribution in [3.63, 3.8) is 0 Å². The van der Waals surface area contributed by atoms with Crippen LogP contribution in [0.3, 0.4) is 0 Å². The van der Waals surface area contributed by atoms with E-state index in [9.17, 15) is 9.59 Å². The number of unbranched alkanes of at least 4 members (excludes halogenated alkanes) is 1. The fourth-order valence-electron chi connectivity index (χ4n) is 1.78. The number of hydrogen-bond acceptors (Lipinski definition) is 4. The van der Waals surface area contributed by atoms with Crippen molar-refractivity contribution in [2.75, 3.05) is 0 Å². The molecule has 2 amide bonds. The van der Waals surface area contributed by atoms with E-state index in [1.54, 1.807) is 6.08 Å². The molecular formula is C15H16N2O2S2. The van der Waals surface area contributed by atoms with E-state index in [1.807, 2.05) is 37.3 Å². The summed E-state index contributed by atoms with van der Waals surface area (Å²) in [7, 11) is 0. The van der Waals surface area contributed by atoms with E-state index in [4.69, 9.17) is 12.2 Å². The molecule has 6 heteroatoms. The normalized spacial score (nSPS) is 16.6. The van der Waals surface area contributed by atoms with Crippen LogP contribution >= 0.6 is 24.0 Å². The number of carbonyl (C=O) groups excluding carboxylic acids is 2. The Labute approximate surface area is 133 Å². The maximum absolute atomic E-state index is 12.3. The lowest BCUT2D eigenvalue weighted by Gasteiger charge is -2.15. The molecule has 1 aromatic carbocycles. The zero-order chi connectivity index (χ0) is 15.2. The number of thioether (sulfide) groups is 1. The van der Waals surface area contributed by atoms with Gasteiger partial charge >= 0.3 is 0 Å². The highest BCUT2D eigenvalue weighted by atomic mass is 32.2. The van der Waals surface area contributed by atoms with Crippen molar-refractivity contribution in [1.29, 1.82) is 0 Å². The lowest BCUT2D eigenvalue weighted by atomic mass is 10.2. The number of hydrazine groups is 1. The van der Waals surface area contributed by atoms with Gasteiger partial charge in [0.15, 0.2) is 4.32 Å². The van der Waals surface area contributed by atoms with Gasteiger partial charge in [-0.15, -0.1) is 0 Å². The van der Waals surface area contributed by atoms with Crippen LogP contribution in [0.5, 0.6) is 0 Å². The first-order valence-electron chi connectivity index (χ1n) is 6.74. The number of thiocarbonyl (C=S) groups is 1. The molecule has 1 aliphatic heterocycles. The highest BCUT2D eigenvalue weighted by Crippen LogP contribution is 2.31. The summed E-state index contributed by atoms with van der Waals surface area (Å²) in [6.07, 6.45) is 3.89. The van der Waals surface area contributed by atoms with Crippen LogP contribution in [0, 0.1) is 0 Å². The van der Waals surface area contributed by atoms with E-state index in [0.29, 0.717) is 15.6 Å². The first-order chi connectivity index (χ1) is 10.1. The number of hydrogen-bond donors (Lipinski definition) is 1. The maximum Gasteiger partial charge on any atom is 0.285 e. The van der Waals surface area contributed by atoms with Gasteiger partial charge in [0, 0.05) is 6.42 Å². The summed E-state index contributed by atoms with van der Waals surface area (Å²) in [5, 5.41) is 1.16. The third-order valence-electron chi connectivity index (χ3n) is 2.88. The molecule has 0 radical (unpaired) electrons. The second-order valence-corrected chi connectivity index (χ2v) is 6.24. The summed E-state index contributed by atoms with van der Waals surface area (Å²) in [6, 6.07) is 9.54. The summed E-state index contributed by atoms with van der Waals surface area (Å²) in [5.74, 6) is -0.465. The maximum atomic E-state index is 12.3. The Morgan fingerprint density at radius 3 is 2.76 bits per heavy atom. The Bertz CT molecular complexity index is 585. The zero-order valence-corrected chi connectivity index (χ0v) is 13.3. The lowest BCUT2D eigenvalue weighted by Crippen LogP contribution is -2.44. The largest absolute Gasteiger partial charge is 0.285 e. The molecule has 1 heterocycles. The second kappa shape index (κ2) is 7.38. The minimum absolute atomic E-state index is 0.186. The van der Waals surface area contributed by atoms with Gasteiger partial charge in [0.25, 0.3) is 5.91 Å². The zero-order valence-electron chi connectivity index (χ0n) is 11.7. The predicted molar refractivity (Wildman–Crippen MR) is 89.1 cm³/mol. The van der Waals surface area contributed by atoms with Crippen molar-refractivity contribution < 1.29 is 9.59 Å². The second-order valence-electron chi connectivity index (χ2n) is 4.57. The number of benzene rings is 1. The standard InChI is InChI=1S/C15H16N2O2S2/c1-2-3-9-13(18)16-17-14(19)12(21-15(17)20)10-11-7-5-4-6-8-11/h4-8,10H,2-3,9H2,1H3,(H,16,18)/b12-10+. The monoisotopic (exact) mass is 320 g/mol. The quantitative estimate of drug-likeness (QED) is 0.669. The topological polar surface area (TPSA) is 49.4 Å². The van der Waals surface area contributed by atoms with Crippen molar-refractivity contribution in [3.05, 3.63) is 40.8 Å².